The number of aromatic nitrogens is 5. The van der Waals surface area contributed by atoms with Crippen molar-refractivity contribution in [2.45, 2.75) is 46.1 Å². The van der Waals surface area contributed by atoms with E-state index in [9.17, 15) is 0 Å². The summed E-state index contributed by atoms with van der Waals surface area (Å²) in [6, 6.07) is 4.30. The molecule has 1 N–H and O–H groups in total. The molecule has 0 radical (unpaired) electrons. The van der Waals surface area contributed by atoms with Gasteiger partial charge in [0.1, 0.15) is 12.4 Å². The molecular formula is C19H26N6. The number of likely N-dealkylation sites (N-methyl/N-ethyl adjacent to an activating group) is 1. The normalized spacial score (nSPS) is 18.9. The molecule has 4 rings (SSSR count). The third-order valence-corrected chi connectivity index (χ3v) is 5.39. The van der Waals surface area contributed by atoms with E-state index in [1.807, 2.05) is 4.68 Å². The average molecular weight is 338 g/mol. The average Bonchev–Trinajstić information content (AvgIpc) is 3.22. The molecule has 0 bridgehead atoms. The van der Waals surface area contributed by atoms with Gasteiger partial charge in [-0.05, 0) is 63.0 Å². The fourth-order valence-electron chi connectivity index (χ4n) is 3.71. The highest BCUT2D eigenvalue weighted by Gasteiger charge is 2.22. The van der Waals surface area contributed by atoms with Gasteiger partial charge in [-0.1, -0.05) is 12.1 Å². The van der Waals surface area contributed by atoms with Gasteiger partial charge in [-0.2, -0.15) is 0 Å². The van der Waals surface area contributed by atoms with Crippen molar-refractivity contribution in [3.8, 4) is 0 Å². The zero-order valence-corrected chi connectivity index (χ0v) is 15.3. The van der Waals surface area contributed by atoms with Gasteiger partial charge in [0.15, 0.2) is 0 Å². The number of H-pyrrole nitrogens is 1. The van der Waals surface area contributed by atoms with Crippen LogP contribution >= 0.6 is 0 Å². The maximum atomic E-state index is 4.70. The van der Waals surface area contributed by atoms with Crippen molar-refractivity contribution in [3.63, 3.8) is 0 Å². The van der Waals surface area contributed by atoms with Crippen molar-refractivity contribution < 1.29 is 0 Å². The van der Waals surface area contributed by atoms with Crippen molar-refractivity contribution >= 4 is 11.0 Å². The molecule has 1 saturated heterocycles. The van der Waals surface area contributed by atoms with Crippen LogP contribution in [0.25, 0.3) is 11.0 Å². The van der Waals surface area contributed by atoms with Crippen LogP contribution in [0, 0.1) is 13.8 Å². The smallest absolute Gasteiger partial charge is 0.129 e. The summed E-state index contributed by atoms with van der Waals surface area (Å²) in [6.07, 6.45) is 4.54. The maximum Gasteiger partial charge on any atom is 0.129 e. The van der Waals surface area contributed by atoms with E-state index >= 15 is 0 Å². The van der Waals surface area contributed by atoms with Crippen LogP contribution in [-0.2, 0) is 6.54 Å². The van der Waals surface area contributed by atoms with Gasteiger partial charge in [0.25, 0.3) is 0 Å². The van der Waals surface area contributed by atoms with Gasteiger partial charge in [0.2, 0.25) is 0 Å². The van der Waals surface area contributed by atoms with Crippen molar-refractivity contribution in [3.05, 3.63) is 41.0 Å². The highest BCUT2D eigenvalue weighted by atomic mass is 15.4. The van der Waals surface area contributed by atoms with Crippen LogP contribution in [0.15, 0.2) is 18.3 Å². The Hall–Kier alpha value is -2.21. The second-order valence-corrected chi connectivity index (χ2v) is 7.21. The van der Waals surface area contributed by atoms with Crippen LogP contribution < -0.4 is 0 Å². The molecule has 0 saturated carbocycles. The number of aromatic amines is 1. The first-order chi connectivity index (χ1) is 12.1. The van der Waals surface area contributed by atoms with E-state index in [1.165, 1.54) is 30.5 Å². The molecule has 0 amide bonds. The van der Waals surface area contributed by atoms with Gasteiger partial charge in [0.05, 0.1) is 16.7 Å². The van der Waals surface area contributed by atoms with Crippen LogP contribution in [0.2, 0.25) is 0 Å². The molecule has 0 spiro atoms. The summed E-state index contributed by atoms with van der Waals surface area (Å²) in [4.78, 5) is 10.6. The minimum absolute atomic E-state index is 0.503. The lowest BCUT2D eigenvalue weighted by Gasteiger charge is -2.30. The monoisotopic (exact) mass is 338 g/mol. The Balaban J connectivity index is 1.51. The molecule has 132 valence electrons. The number of likely N-dealkylation sites (tertiary alicyclic amines) is 1. The number of benzene rings is 1. The van der Waals surface area contributed by atoms with Crippen molar-refractivity contribution in [1.82, 2.24) is 29.9 Å². The van der Waals surface area contributed by atoms with Gasteiger partial charge in [-0.15, -0.1) is 5.10 Å². The molecule has 1 unspecified atom stereocenters. The zero-order chi connectivity index (χ0) is 17.4. The summed E-state index contributed by atoms with van der Waals surface area (Å²) in [5.74, 6) is 1.43. The largest absolute Gasteiger partial charge is 0.340 e. The highest BCUT2D eigenvalue weighted by molar-refractivity contribution is 5.77. The summed E-state index contributed by atoms with van der Waals surface area (Å²) < 4.78 is 1.90. The summed E-state index contributed by atoms with van der Waals surface area (Å²) in [7, 11) is 0. The van der Waals surface area contributed by atoms with Crippen molar-refractivity contribution in [2.24, 2.45) is 0 Å². The number of hydrogen-bond donors (Lipinski definition) is 1. The second kappa shape index (κ2) is 6.59. The third-order valence-electron chi connectivity index (χ3n) is 5.39. The van der Waals surface area contributed by atoms with Crippen molar-refractivity contribution in [2.75, 3.05) is 19.6 Å². The summed E-state index contributed by atoms with van der Waals surface area (Å²) in [5, 5.41) is 8.76. The summed E-state index contributed by atoms with van der Waals surface area (Å²) in [6.45, 7) is 10.5. The topological polar surface area (TPSA) is 62.6 Å². The lowest BCUT2D eigenvalue weighted by Crippen LogP contribution is -2.34. The Kier molecular flexibility index (Phi) is 4.29. The molecular weight excluding hydrogens is 312 g/mol. The molecule has 1 aromatic carbocycles. The van der Waals surface area contributed by atoms with E-state index in [4.69, 9.17) is 4.98 Å². The number of nitrogens with one attached hydrogen (secondary N) is 1. The molecule has 25 heavy (non-hydrogen) atoms. The number of rotatable bonds is 4. The molecule has 3 heterocycles. The molecule has 3 aromatic rings. The van der Waals surface area contributed by atoms with Gasteiger partial charge in [-0.25, -0.2) is 9.67 Å². The molecule has 0 aliphatic carbocycles. The minimum atomic E-state index is 0.503. The maximum absolute atomic E-state index is 4.70. The highest BCUT2D eigenvalue weighted by Crippen LogP contribution is 2.25. The first-order valence-corrected chi connectivity index (χ1v) is 9.20. The van der Waals surface area contributed by atoms with E-state index in [2.05, 4.69) is 59.3 Å². The van der Waals surface area contributed by atoms with E-state index in [-0.39, 0.29) is 0 Å². The molecule has 6 nitrogen and oxygen atoms in total. The van der Waals surface area contributed by atoms with Gasteiger partial charge in [0, 0.05) is 18.7 Å². The summed E-state index contributed by atoms with van der Waals surface area (Å²) >= 11 is 0. The number of piperidine rings is 1. The minimum Gasteiger partial charge on any atom is -0.340 e. The van der Waals surface area contributed by atoms with E-state index in [0.29, 0.717) is 12.5 Å². The first-order valence-electron chi connectivity index (χ1n) is 9.20. The van der Waals surface area contributed by atoms with Crippen LogP contribution in [-0.4, -0.2) is 49.5 Å². The SMILES string of the molecule is CCN1CCCC(c2cn(Cc3nc4cc(C)c(C)cc4[nH]3)nn2)C1. The van der Waals surface area contributed by atoms with Gasteiger partial charge < -0.3 is 9.88 Å². The predicted molar refractivity (Wildman–Crippen MR) is 98.8 cm³/mol. The number of aryl methyl sites for hydroxylation is 2. The molecule has 1 atom stereocenters. The van der Waals surface area contributed by atoms with E-state index in [1.54, 1.807) is 0 Å². The van der Waals surface area contributed by atoms with E-state index < -0.39 is 0 Å². The molecule has 1 fully saturated rings. The van der Waals surface area contributed by atoms with Crippen LogP contribution in [0.5, 0.6) is 0 Å². The zero-order valence-electron chi connectivity index (χ0n) is 15.3. The lowest BCUT2D eigenvalue weighted by molar-refractivity contribution is 0.216. The molecule has 6 heteroatoms. The fourth-order valence-corrected chi connectivity index (χ4v) is 3.71. The fraction of sp³-hybridized carbons (Fsp3) is 0.526. The molecule has 2 aromatic heterocycles. The van der Waals surface area contributed by atoms with Crippen LogP contribution in [0.1, 0.15) is 48.3 Å². The number of fused-ring (bicyclic) bond motifs is 1. The molecule has 1 aliphatic heterocycles. The standard InChI is InChI=1S/C19H26N6/c1-4-24-7-5-6-15(10-24)18-11-25(23-22-18)12-19-20-16-8-13(2)14(3)9-17(16)21-19/h8-9,11,15H,4-7,10,12H2,1-3H3,(H,20,21). The Bertz CT molecular complexity index is 838. The Morgan fingerprint density at radius 1 is 1.24 bits per heavy atom. The Morgan fingerprint density at radius 2 is 2.08 bits per heavy atom. The third kappa shape index (κ3) is 3.31. The summed E-state index contributed by atoms with van der Waals surface area (Å²) in [5.41, 5.74) is 5.77. The first kappa shape index (κ1) is 16.3. The van der Waals surface area contributed by atoms with Gasteiger partial charge >= 0.3 is 0 Å². The Labute approximate surface area is 148 Å². The Morgan fingerprint density at radius 3 is 2.92 bits per heavy atom. The van der Waals surface area contributed by atoms with E-state index in [0.717, 1.165) is 35.6 Å². The quantitative estimate of drug-likeness (QED) is 0.794. The van der Waals surface area contributed by atoms with Crippen LogP contribution in [0.3, 0.4) is 0 Å². The van der Waals surface area contributed by atoms with Gasteiger partial charge in [-0.3, -0.25) is 0 Å². The molecule has 1 aliphatic rings. The second-order valence-electron chi connectivity index (χ2n) is 7.21. The number of imidazole rings is 1. The predicted octanol–water partition coefficient (Wildman–Crippen LogP) is 3.02. The van der Waals surface area contributed by atoms with Crippen LogP contribution in [0.4, 0.5) is 0 Å². The number of nitrogens with zero attached hydrogens (tertiary/aromatic N) is 5. The van der Waals surface area contributed by atoms with Crippen molar-refractivity contribution in [1.29, 1.82) is 0 Å². The lowest BCUT2D eigenvalue weighted by atomic mass is 9.95. The number of hydrogen-bond acceptors (Lipinski definition) is 4.